The third-order valence-corrected chi connectivity index (χ3v) is 5.86. The van der Waals surface area contributed by atoms with Gasteiger partial charge in [-0.2, -0.15) is 0 Å². The fourth-order valence-corrected chi connectivity index (χ4v) is 4.04. The van der Waals surface area contributed by atoms with E-state index < -0.39 is 6.04 Å². The van der Waals surface area contributed by atoms with Crippen LogP contribution in [-0.4, -0.2) is 35.7 Å². The quantitative estimate of drug-likeness (QED) is 0.611. The van der Waals surface area contributed by atoms with E-state index in [2.05, 4.69) is 26.0 Å². The van der Waals surface area contributed by atoms with Crippen molar-refractivity contribution in [1.82, 2.24) is 4.90 Å². The number of fused-ring (bicyclic) bond motifs is 1. The van der Waals surface area contributed by atoms with E-state index in [0.717, 1.165) is 16.0 Å². The van der Waals surface area contributed by atoms with Crippen LogP contribution in [0.25, 0.3) is 0 Å². The first-order valence-corrected chi connectivity index (χ1v) is 9.62. The van der Waals surface area contributed by atoms with E-state index in [0.29, 0.717) is 18.7 Å². The highest BCUT2D eigenvalue weighted by atomic mass is 32.2. The molecule has 0 unspecified atom stereocenters. The van der Waals surface area contributed by atoms with Gasteiger partial charge in [0.05, 0.1) is 12.9 Å². The second kappa shape index (κ2) is 7.96. The molecule has 0 radical (unpaired) electrons. The largest absolute Gasteiger partial charge is 0.467 e. The number of carbonyl (C=O) groups is 2. The van der Waals surface area contributed by atoms with Crippen LogP contribution in [0.1, 0.15) is 22.3 Å². The molecule has 26 heavy (non-hydrogen) atoms. The Labute approximate surface area is 158 Å². The van der Waals surface area contributed by atoms with E-state index in [-0.39, 0.29) is 11.9 Å². The SMILES string of the molecule is COC(=O)[C@H]1Cc2ccccc2CN1C(=O)CSc1ccc(C)c(C)c1. The number of rotatable bonds is 4. The lowest BCUT2D eigenvalue weighted by Gasteiger charge is -2.35. The predicted octanol–water partition coefficient (Wildman–Crippen LogP) is 3.52. The highest BCUT2D eigenvalue weighted by Crippen LogP contribution is 2.27. The predicted molar refractivity (Wildman–Crippen MR) is 103 cm³/mol. The number of benzene rings is 2. The van der Waals surface area contributed by atoms with Crippen LogP contribution in [0.5, 0.6) is 0 Å². The molecule has 5 heteroatoms. The van der Waals surface area contributed by atoms with Crippen LogP contribution in [-0.2, 0) is 27.3 Å². The summed E-state index contributed by atoms with van der Waals surface area (Å²) < 4.78 is 4.94. The Morgan fingerprint density at radius 3 is 2.54 bits per heavy atom. The van der Waals surface area contributed by atoms with Crippen LogP contribution in [0, 0.1) is 13.8 Å². The Balaban J connectivity index is 1.75. The summed E-state index contributed by atoms with van der Waals surface area (Å²) in [5, 5.41) is 0. The molecule has 136 valence electrons. The molecule has 0 saturated carbocycles. The molecule has 4 nitrogen and oxygen atoms in total. The van der Waals surface area contributed by atoms with Crippen molar-refractivity contribution in [3.8, 4) is 0 Å². The number of amides is 1. The highest BCUT2D eigenvalue weighted by molar-refractivity contribution is 8.00. The van der Waals surface area contributed by atoms with Gasteiger partial charge in [-0.05, 0) is 48.2 Å². The summed E-state index contributed by atoms with van der Waals surface area (Å²) in [6, 6.07) is 13.6. The lowest BCUT2D eigenvalue weighted by molar-refractivity contribution is -0.153. The van der Waals surface area contributed by atoms with Gasteiger partial charge < -0.3 is 9.64 Å². The monoisotopic (exact) mass is 369 g/mol. The number of hydrogen-bond donors (Lipinski definition) is 0. The average Bonchev–Trinajstić information content (AvgIpc) is 2.67. The number of hydrogen-bond acceptors (Lipinski definition) is 4. The lowest BCUT2D eigenvalue weighted by Crippen LogP contribution is -2.49. The molecule has 1 heterocycles. The summed E-state index contributed by atoms with van der Waals surface area (Å²) in [5.41, 5.74) is 4.65. The van der Waals surface area contributed by atoms with Gasteiger partial charge >= 0.3 is 5.97 Å². The minimum atomic E-state index is -0.553. The minimum absolute atomic E-state index is 0.0434. The first-order valence-electron chi connectivity index (χ1n) is 8.63. The molecule has 0 aromatic heterocycles. The normalized spacial score (nSPS) is 16.1. The smallest absolute Gasteiger partial charge is 0.328 e. The van der Waals surface area contributed by atoms with Crippen LogP contribution >= 0.6 is 11.8 Å². The molecule has 1 aliphatic rings. The van der Waals surface area contributed by atoms with Gasteiger partial charge in [-0.1, -0.05) is 30.3 Å². The maximum Gasteiger partial charge on any atom is 0.328 e. The van der Waals surface area contributed by atoms with Crippen molar-refractivity contribution in [2.75, 3.05) is 12.9 Å². The van der Waals surface area contributed by atoms with Gasteiger partial charge in [-0.25, -0.2) is 4.79 Å². The number of aryl methyl sites for hydroxylation is 2. The number of nitrogens with zero attached hydrogens (tertiary/aromatic N) is 1. The summed E-state index contributed by atoms with van der Waals surface area (Å²) in [6.07, 6.45) is 0.503. The molecule has 0 bridgehead atoms. The first kappa shape index (κ1) is 18.5. The maximum absolute atomic E-state index is 12.9. The highest BCUT2D eigenvalue weighted by Gasteiger charge is 2.35. The first-order chi connectivity index (χ1) is 12.5. The summed E-state index contributed by atoms with van der Waals surface area (Å²) in [6.45, 7) is 4.58. The molecule has 0 aliphatic carbocycles. The van der Waals surface area contributed by atoms with Crippen molar-refractivity contribution in [2.24, 2.45) is 0 Å². The van der Waals surface area contributed by atoms with E-state index in [1.165, 1.54) is 30.0 Å². The number of carbonyl (C=O) groups excluding carboxylic acids is 2. The maximum atomic E-state index is 12.9. The third kappa shape index (κ3) is 3.93. The van der Waals surface area contributed by atoms with Crippen LogP contribution in [0.2, 0.25) is 0 Å². The summed E-state index contributed by atoms with van der Waals surface area (Å²) in [7, 11) is 1.37. The zero-order chi connectivity index (χ0) is 18.7. The number of thioether (sulfide) groups is 1. The third-order valence-electron chi connectivity index (χ3n) is 4.88. The molecule has 0 fully saturated rings. The molecule has 1 amide bonds. The van der Waals surface area contributed by atoms with E-state index >= 15 is 0 Å². The Bertz CT molecular complexity index is 834. The molecule has 0 spiro atoms. The number of ether oxygens (including phenoxy) is 1. The van der Waals surface area contributed by atoms with Gasteiger partial charge in [-0.15, -0.1) is 11.8 Å². The van der Waals surface area contributed by atoms with Gasteiger partial charge in [0.25, 0.3) is 0 Å². The second-order valence-electron chi connectivity index (χ2n) is 6.57. The van der Waals surface area contributed by atoms with Gasteiger partial charge in [0, 0.05) is 17.9 Å². The van der Waals surface area contributed by atoms with Crippen molar-refractivity contribution in [2.45, 2.75) is 37.8 Å². The van der Waals surface area contributed by atoms with Crippen molar-refractivity contribution in [1.29, 1.82) is 0 Å². The second-order valence-corrected chi connectivity index (χ2v) is 7.62. The lowest BCUT2D eigenvalue weighted by atomic mass is 9.94. The standard InChI is InChI=1S/C21H23NO3S/c1-14-8-9-18(10-15(14)2)26-13-20(23)22-12-17-7-5-4-6-16(17)11-19(22)21(24)25-3/h4-10,19H,11-13H2,1-3H3/t19-/m1/s1. The van der Waals surface area contributed by atoms with Crippen molar-refractivity contribution >= 4 is 23.6 Å². The molecular weight excluding hydrogens is 346 g/mol. The van der Waals surface area contributed by atoms with E-state index in [9.17, 15) is 9.59 Å². The van der Waals surface area contributed by atoms with E-state index in [4.69, 9.17) is 4.74 Å². The van der Waals surface area contributed by atoms with Gasteiger partial charge in [0.2, 0.25) is 5.91 Å². The molecule has 0 saturated heterocycles. The molecule has 1 atom stereocenters. The Hall–Kier alpha value is -2.27. The van der Waals surface area contributed by atoms with Crippen LogP contribution in [0.3, 0.4) is 0 Å². The molecule has 3 rings (SSSR count). The minimum Gasteiger partial charge on any atom is -0.467 e. The molecule has 1 aliphatic heterocycles. The van der Waals surface area contributed by atoms with Crippen molar-refractivity contribution in [3.05, 3.63) is 64.7 Å². The topological polar surface area (TPSA) is 46.6 Å². The van der Waals surface area contributed by atoms with Crippen molar-refractivity contribution in [3.63, 3.8) is 0 Å². The van der Waals surface area contributed by atoms with Crippen LogP contribution < -0.4 is 0 Å². The van der Waals surface area contributed by atoms with E-state index in [1.807, 2.05) is 30.3 Å². The fourth-order valence-electron chi connectivity index (χ4n) is 3.16. The fraction of sp³-hybridized carbons (Fsp3) is 0.333. The molecule has 2 aromatic rings. The summed E-state index contributed by atoms with van der Waals surface area (Å²) in [5.74, 6) is -0.0970. The van der Waals surface area contributed by atoms with Crippen molar-refractivity contribution < 1.29 is 14.3 Å². The van der Waals surface area contributed by atoms with Gasteiger partial charge in [0.1, 0.15) is 6.04 Å². The molecule has 2 aromatic carbocycles. The molecular formula is C21H23NO3S. The average molecular weight is 369 g/mol. The van der Waals surface area contributed by atoms with E-state index in [1.54, 1.807) is 4.90 Å². The van der Waals surface area contributed by atoms with Gasteiger partial charge in [0.15, 0.2) is 0 Å². The zero-order valence-electron chi connectivity index (χ0n) is 15.3. The zero-order valence-corrected chi connectivity index (χ0v) is 16.1. The molecule has 0 N–H and O–H groups in total. The van der Waals surface area contributed by atoms with Gasteiger partial charge in [-0.3, -0.25) is 4.79 Å². The number of esters is 1. The summed E-state index contributed by atoms with van der Waals surface area (Å²) >= 11 is 1.50. The van der Waals surface area contributed by atoms with Crippen LogP contribution in [0.4, 0.5) is 0 Å². The number of methoxy groups -OCH3 is 1. The Morgan fingerprint density at radius 1 is 1.12 bits per heavy atom. The Kier molecular flexibility index (Phi) is 5.67. The van der Waals surface area contributed by atoms with Crippen LogP contribution in [0.15, 0.2) is 47.4 Å². The summed E-state index contributed by atoms with van der Waals surface area (Å²) in [4.78, 5) is 27.8. The Morgan fingerprint density at radius 2 is 1.85 bits per heavy atom.